The number of aromatic nitrogens is 2. The van der Waals surface area contributed by atoms with Crippen molar-refractivity contribution in [2.24, 2.45) is 0 Å². The third-order valence-electron chi connectivity index (χ3n) is 4.62. The zero-order valence-corrected chi connectivity index (χ0v) is 16.0. The predicted octanol–water partition coefficient (Wildman–Crippen LogP) is 4.73. The van der Waals surface area contributed by atoms with Gasteiger partial charge < -0.3 is 15.5 Å². The van der Waals surface area contributed by atoms with E-state index in [9.17, 15) is 4.79 Å². The molecule has 1 saturated heterocycles. The fourth-order valence-electron chi connectivity index (χ4n) is 3.13. The average Bonchev–Trinajstić information content (AvgIpc) is 3.25. The van der Waals surface area contributed by atoms with Crippen LogP contribution in [0.5, 0.6) is 0 Å². The summed E-state index contributed by atoms with van der Waals surface area (Å²) in [6, 6.07) is 18.4. The average molecular weight is 394 g/mol. The molecule has 28 heavy (non-hydrogen) atoms. The number of nitrogens with zero attached hydrogens (tertiary/aromatic N) is 3. The van der Waals surface area contributed by atoms with Crippen molar-refractivity contribution in [1.82, 2.24) is 10.2 Å². The number of halogens is 1. The molecule has 0 saturated carbocycles. The van der Waals surface area contributed by atoms with Crippen molar-refractivity contribution < 1.29 is 4.79 Å². The largest absolute Gasteiger partial charge is 0.372 e. The molecule has 0 bridgehead atoms. The second kappa shape index (κ2) is 8.27. The van der Waals surface area contributed by atoms with Crippen molar-refractivity contribution in [3.63, 3.8) is 0 Å². The molecule has 1 aromatic heterocycles. The summed E-state index contributed by atoms with van der Waals surface area (Å²) in [6.45, 7) is 2.25. The number of amides is 1. The van der Waals surface area contributed by atoms with E-state index >= 15 is 0 Å². The zero-order chi connectivity index (χ0) is 19.3. The molecule has 2 aromatic carbocycles. The molecule has 1 aliphatic heterocycles. The second-order valence-corrected chi connectivity index (χ2v) is 7.07. The lowest BCUT2D eigenvalue weighted by Crippen LogP contribution is -2.17. The lowest BCUT2D eigenvalue weighted by atomic mass is 10.2. The Morgan fingerprint density at radius 3 is 2.14 bits per heavy atom. The third kappa shape index (κ3) is 4.40. The number of anilines is 4. The van der Waals surface area contributed by atoms with Crippen LogP contribution in [0, 0.1) is 0 Å². The number of carbonyl (C=O) groups is 1. The maximum Gasteiger partial charge on any atom is 0.256 e. The first kappa shape index (κ1) is 18.3. The molecule has 0 spiro atoms. The summed E-state index contributed by atoms with van der Waals surface area (Å²) in [5.41, 5.74) is 2.69. The van der Waals surface area contributed by atoms with Crippen LogP contribution in [-0.2, 0) is 0 Å². The molecule has 3 aromatic rings. The number of carbonyl (C=O) groups excluding carboxylic acids is 1. The highest BCUT2D eigenvalue weighted by Gasteiger charge is 2.12. The Labute approximate surface area is 168 Å². The Hall–Kier alpha value is -3.12. The van der Waals surface area contributed by atoms with Gasteiger partial charge in [0.1, 0.15) is 0 Å². The first-order valence-corrected chi connectivity index (χ1v) is 9.58. The molecule has 1 fully saturated rings. The summed E-state index contributed by atoms with van der Waals surface area (Å²) in [6.07, 6.45) is 2.52. The third-order valence-corrected chi connectivity index (χ3v) is 4.88. The molecule has 0 atom stereocenters. The van der Waals surface area contributed by atoms with Gasteiger partial charge in [0, 0.05) is 35.1 Å². The molecular weight excluding hydrogens is 374 g/mol. The van der Waals surface area contributed by atoms with Gasteiger partial charge in [0.25, 0.3) is 5.91 Å². The molecule has 1 aliphatic rings. The van der Waals surface area contributed by atoms with Gasteiger partial charge in [0.2, 0.25) is 0 Å². The van der Waals surface area contributed by atoms with Crippen LogP contribution >= 0.6 is 11.6 Å². The van der Waals surface area contributed by atoms with Crippen LogP contribution in [0.25, 0.3) is 0 Å². The van der Waals surface area contributed by atoms with Crippen LogP contribution in [0.15, 0.2) is 60.7 Å². The van der Waals surface area contributed by atoms with E-state index in [2.05, 4.69) is 37.9 Å². The first-order chi connectivity index (χ1) is 13.7. The fourth-order valence-corrected chi connectivity index (χ4v) is 3.26. The molecular formula is C21H20ClN5O. The van der Waals surface area contributed by atoms with E-state index in [0.717, 1.165) is 18.8 Å². The van der Waals surface area contributed by atoms with E-state index in [1.807, 2.05) is 12.1 Å². The SMILES string of the molecule is O=C(Nc1ccc(Nc2ccc(N3CCCC3)cc2)nn1)c1ccc(Cl)cc1. The zero-order valence-electron chi connectivity index (χ0n) is 15.2. The van der Waals surface area contributed by atoms with Crippen molar-refractivity contribution in [2.75, 3.05) is 28.6 Å². The molecule has 1 amide bonds. The summed E-state index contributed by atoms with van der Waals surface area (Å²) < 4.78 is 0. The van der Waals surface area contributed by atoms with Gasteiger partial charge in [-0.05, 0) is 73.5 Å². The molecule has 7 heteroatoms. The standard InChI is InChI=1S/C21H20ClN5O/c22-16-5-3-15(4-6-16)21(28)24-20-12-11-19(25-26-20)23-17-7-9-18(10-8-17)27-13-1-2-14-27/h3-12H,1-2,13-14H2,(H,23,25)(H,24,26,28). The van der Waals surface area contributed by atoms with Gasteiger partial charge >= 0.3 is 0 Å². The van der Waals surface area contributed by atoms with E-state index in [1.54, 1.807) is 36.4 Å². The second-order valence-electron chi connectivity index (χ2n) is 6.63. The molecule has 0 radical (unpaired) electrons. The van der Waals surface area contributed by atoms with Crippen molar-refractivity contribution in [3.05, 3.63) is 71.2 Å². The monoisotopic (exact) mass is 393 g/mol. The molecule has 0 aliphatic carbocycles. The van der Waals surface area contributed by atoms with E-state index in [0.29, 0.717) is 22.2 Å². The van der Waals surface area contributed by atoms with Gasteiger partial charge in [-0.25, -0.2) is 0 Å². The summed E-state index contributed by atoms with van der Waals surface area (Å²) in [5, 5.41) is 14.7. The number of benzene rings is 2. The molecule has 0 unspecified atom stereocenters. The number of rotatable bonds is 5. The Bertz CT molecular complexity index is 936. The summed E-state index contributed by atoms with van der Waals surface area (Å²) in [7, 11) is 0. The highest BCUT2D eigenvalue weighted by Crippen LogP contribution is 2.23. The maximum absolute atomic E-state index is 12.2. The van der Waals surface area contributed by atoms with E-state index in [1.165, 1.54) is 18.5 Å². The molecule has 4 rings (SSSR count). The first-order valence-electron chi connectivity index (χ1n) is 9.20. The lowest BCUT2D eigenvalue weighted by Gasteiger charge is -2.17. The quantitative estimate of drug-likeness (QED) is 0.656. The molecule has 2 heterocycles. The fraction of sp³-hybridized carbons (Fsp3) is 0.190. The van der Waals surface area contributed by atoms with Gasteiger partial charge in [0.15, 0.2) is 11.6 Å². The highest BCUT2D eigenvalue weighted by atomic mass is 35.5. The molecule has 2 N–H and O–H groups in total. The van der Waals surface area contributed by atoms with Crippen LogP contribution in [0.4, 0.5) is 23.0 Å². The summed E-state index contributed by atoms with van der Waals surface area (Å²) >= 11 is 5.84. The van der Waals surface area contributed by atoms with Crippen molar-refractivity contribution in [3.8, 4) is 0 Å². The Balaban J connectivity index is 1.36. The number of hydrogen-bond donors (Lipinski definition) is 2. The van der Waals surface area contributed by atoms with Crippen molar-refractivity contribution in [1.29, 1.82) is 0 Å². The Kier molecular flexibility index (Phi) is 5.39. The van der Waals surface area contributed by atoms with Crippen LogP contribution in [0.2, 0.25) is 5.02 Å². The van der Waals surface area contributed by atoms with Crippen molar-refractivity contribution >= 4 is 40.5 Å². The van der Waals surface area contributed by atoms with Gasteiger partial charge in [-0.3, -0.25) is 4.79 Å². The minimum Gasteiger partial charge on any atom is -0.372 e. The number of nitrogens with one attached hydrogen (secondary N) is 2. The van der Waals surface area contributed by atoms with Crippen LogP contribution in [0.1, 0.15) is 23.2 Å². The van der Waals surface area contributed by atoms with E-state index in [4.69, 9.17) is 11.6 Å². The predicted molar refractivity (Wildman–Crippen MR) is 113 cm³/mol. The molecule has 6 nitrogen and oxygen atoms in total. The highest BCUT2D eigenvalue weighted by molar-refractivity contribution is 6.30. The minimum atomic E-state index is -0.260. The Morgan fingerprint density at radius 2 is 1.50 bits per heavy atom. The lowest BCUT2D eigenvalue weighted by molar-refractivity contribution is 0.102. The normalized spacial score (nSPS) is 13.4. The Morgan fingerprint density at radius 1 is 0.857 bits per heavy atom. The van der Waals surface area contributed by atoms with Crippen LogP contribution in [-0.4, -0.2) is 29.2 Å². The summed E-state index contributed by atoms with van der Waals surface area (Å²) in [4.78, 5) is 14.6. The van der Waals surface area contributed by atoms with E-state index < -0.39 is 0 Å². The van der Waals surface area contributed by atoms with Gasteiger partial charge in [0.05, 0.1) is 0 Å². The minimum absolute atomic E-state index is 0.260. The summed E-state index contributed by atoms with van der Waals surface area (Å²) in [5.74, 6) is 0.734. The van der Waals surface area contributed by atoms with Crippen LogP contribution < -0.4 is 15.5 Å². The van der Waals surface area contributed by atoms with Gasteiger partial charge in [-0.15, -0.1) is 10.2 Å². The van der Waals surface area contributed by atoms with Crippen LogP contribution in [0.3, 0.4) is 0 Å². The van der Waals surface area contributed by atoms with E-state index in [-0.39, 0.29) is 5.91 Å². The molecule has 142 valence electrons. The van der Waals surface area contributed by atoms with Gasteiger partial charge in [-0.1, -0.05) is 11.6 Å². The van der Waals surface area contributed by atoms with Gasteiger partial charge in [-0.2, -0.15) is 0 Å². The topological polar surface area (TPSA) is 70.2 Å². The van der Waals surface area contributed by atoms with Crippen molar-refractivity contribution in [2.45, 2.75) is 12.8 Å². The number of hydrogen-bond acceptors (Lipinski definition) is 5. The smallest absolute Gasteiger partial charge is 0.256 e. The maximum atomic E-state index is 12.2.